The van der Waals surface area contributed by atoms with Gasteiger partial charge in [0.25, 0.3) is 0 Å². The maximum absolute atomic E-state index is 12.0. The second kappa shape index (κ2) is 7.70. The van der Waals surface area contributed by atoms with Gasteiger partial charge in [-0.25, -0.2) is 4.79 Å². The molecule has 134 valence electrons. The van der Waals surface area contributed by atoms with Gasteiger partial charge in [0.05, 0.1) is 0 Å². The molecule has 1 saturated carbocycles. The molecule has 0 spiro atoms. The number of amides is 1. The minimum absolute atomic E-state index is 0.156. The summed E-state index contributed by atoms with van der Waals surface area (Å²) < 4.78 is 11.7. The summed E-state index contributed by atoms with van der Waals surface area (Å²) in [6.07, 6.45) is 2.77. The van der Waals surface area contributed by atoms with Crippen LogP contribution in [0.3, 0.4) is 0 Å². The van der Waals surface area contributed by atoms with Crippen LogP contribution in [0.4, 0.5) is 4.79 Å². The molecule has 1 aromatic rings. The SMILES string of the molecule is CC(C)(C)[Si](C)(C)O[C@H]1CC[C@H](NC(=O)OCc2ccccc2)C1. The monoisotopic (exact) mass is 349 g/mol. The Morgan fingerprint density at radius 2 is 1.88 bits per heavy atom. The molecule has 1 aliphatic carbocycles. The lowest BCUT2D eigenvalue weighted by atomic mass is 10.2. The van der Waals surface area contributed by atoms with E-state index in [1.54, 1.807) is 0 Å². The number of hydrogen-bond donors (Lipinski definition) is 1. The van der Waals surface area contributed by atoms with Crippen LogP contribution in [-0.4, -0.2) is 26.6 Å². The highest BCUT2D eigenvalue weighted by atomic mass is 28.4. The van der Waals surface area contributed by atoms with Crippen molar-refractivity contribution in [3.8, 4) is 0 Å². The quantitative estimate of drug-likeness (QED) is 0.773. The highest BCUT2D eigenvalue weighted by molar-refractivity contribution is 6.74. The Labute approximate surface area is 147 Å². The fourth-order valence-electron chi connectivity index (χ4n) is 2.70. The Morgan fingerprint density at radius 3 is 2.50 bits per heavy atom. The zero-order valence-electron chi connectivity index (χ0n) is 15.6. The lowest BCUT2D eigenvalue weighted by molar-refractivity contribution is 0.134. The van der Waals surface area contributed by atoms with Crippen LogP contribution in [0.1, 0.15) is 45.6 Å². The van der Waals surface area contributed by atoms with Gasteiger partial charge >= 0.3 is 6.09 Å². The predicted octanol–water partition coefficient (Wildman–Crippen LogP) is 4.86. The van der Waals surface area contributed by atoms with E-state index in [1.807, 2.05) is 30.3 Å². The molecule has 1 amide bonds. The molecule has 0 bridgehead atoms. The molecule has 1 aliphatic rings. The van der Waals surface area contributed by atoms with E-state index in [-0.39, 0.29) is 23.3 Å². The Morgan fingerprint density at radius 1 is 1.21 bits per heavy atom. The molecule has 24 heavy (non-hydrogen) atoms. The molecule has 0 saturated heterocycles. The Balaban J connectivity index is 1.74. The molecule has 2 atom stereocenters. The molecule has 0 unspecified atom stereocenters. The van der Waals surface area contributed by atoms with E-state index in [9.17, 15) is 4.79 Å². The number of carbonyl (C=O) groups excluding carboxylic acids is 1. The van der Waals surface area contributed by atoms with Crippen LogP contribution in [0.25, 0.3) is 0 Å². The summed E-state index contributed by atoms with van der Waals surface area (Å²) >= 11 is 0. The summed E-state index contributed by atoms with van der Waals surface area (Å²) in [7, 11) is -1.74. The van der Waals surface area contributed by atoms with Gasteiger partial charge in [0.15, 0.2) is 8.32 Å². The first-order valence-corrected chi connectivity index (χ1v) is 11.7. The first-order valence-electron chi connectivity index (χ1n) is 8.82. The molecule has 0 aromatic heterocycles. The van der Waals surface area contributed by atoms with E-state index in [0.717, 1.165) is 24.8 Å². The Hall–Kier alpha value is -1.33. The van der Waals surface area contributed by atoms with Gasteiger partial charge in [-0.3, -0.25) is 0 Å². The largest absolute Gasteiger partial charge is 0.445 e. The summed E-state index contributed by atoms with van der Waals surface area (Å²) in [6.45, 7) is 11.6. The third kappa shape index (κ3) is 5.35. The van der Waals surface area contributed by atoms with E-state index in [0.29, 0.717) is 6.61 Å². The predicted molar refractivity (Wildman–Crippen MR) is 99.5 cm³/mol. The number of nitrogens with one attached hydrogen (secondary N) is 1. The highest BCUT2D eigenvalue weighted by Crippen LogP contribution is 2.39. The van der Waals surface area contributed by atoms with E-state index in [2.05, 4.69) is 39.2 Å². The van der Waals surface area contributed by atoms with Crippen molar-refractivity contribution in [1.29, 1.82) is 0 Å². The number of ether oxygens (including phenoxy) is 1. The molecule has 1 aromatic carbocycles. The van der Waals surface area contributed by atoms with Crippen molar-refractivity contribution in [2.24, 2.45) is 0 Å². The van der Waals surface area contributed by atoms with Crippen LogP contribution in [0, 0.1) is 0 Å². The van der Waals surface area contributed by atoms with Crippen LogP contribution in [0.5, 0.6) is 0 Å². The van der Waals surface area contributed by atoms with Crippen molar-refractivity contribution in [3.05, 3.63) is 35.9 Å². The Bertz CT molecular complexity index is 539. The number of hydrogen-bond acceptors (Lipinski definition) is 3. The molecule has 1 N–H and O–H groups in total. The normalized spacial score (nSPS) is 21.5. The standard InChI is InChI=1S/C19H31NO3Si/c1-19(2,3)24(4,5)23-17-12-11-16(13-17)20-18(21)22-14-15-9-7-6-8-10-15/h6-10,16-17H,11-14H2,1-5H3,(H,20,21)/t16-,17-/m0/s1. The average Bonchev–Trinajstić information content (AvgIpc) is 2.91. The van der Waals surface area contributed by atoms with Crippen molar-refractivity contribution in [2.45, 2.75) is 76.9 Å². The van der Waals surface area contributed by atoms with Crippen LogP contribution in [-0.2, 0) is 15.8 Å². The molecular weight excluding hydrogens is 318 g/mol. The first-order chi connectivity index (χ1) is 11.2. The lowest BCUT2D eigenvalue weighted by Crippen LogP contribution is -2.44. The van der Waals surface area contributed by atoms with Crippen LogP contribution in [0.15, 0.2) is 30.3 Å². The molecule has 0 radical (unpaired) electrons. The fourth-order valence-corrected chi connectivity index (χ4v) is 4.10. The second-order valence-electron chi connectivity index (χ2n) is 8.22. The van der Waals surface area contributed by atoms with Gasteiger partial charge in [-0.1, -0.05) is 51.1 Å². The van der Waals surface area contributed by atoms with Crippen LogP contribution >= 0.6 is 0 Å². The van der Waals surface area contributed by atoms with Gasteiger partial charge in [0.2, 0.25) is 0 Å². The van der Waals surface area contributed by atoms with Crippen molar-refractivity contribution in [1.82, 2.24) is 5.32 Å². The smallest absolute Gasteiger partial charge is 0.407 e. The zero-order valence-corrected chi connectivity index (χ0v) is 16.6. The lowest BCUT2D eigenvalue weighted by Gasteiger charge is -2.38. The molecule has 5 heteroatoms. The van der Waals surface area contributed by atoms with Crippen molar-refractivity contribution < 1.29 is 14.0 Å². The summed E-state index contributed by atoms with van der Waals surface area (Å²) in [5.41, 5.74) is 0.998. The summed E-state index contributed by atoms with van der Waals surface area (Å²) in [6, 6.07) is 9.89. The van der Waals surface area contributed by atoms with Gasteiger partial charge in [0.1, 0.15) is 6.61 Å². The van der Waals surface area contributed by atoms with Crippen molar-refractivity contribution >= 4 is 14.4 Å². The zero-order chi connectivity index (χ0) is 17.8. The highest BCUT2D eigenvalue weighted by Gasteiger charge is 2.40. The van der Waals surface area contributed by atoms with E-state index in [1.165, 1.54) is 0 Å². The van der Waals surface area contributed by atoms with Gasteiger partial charge in [-0.05, 0) is 43.0 Å². The van der Waals surface area contributed by atoms with Crippen LogP contribution in [0.2, 0.25) is 18.1 Å². The summed E-state index contributed by atoms with van der Waals surface area (Å²) in [4.78, 5) is 12.0. The van der Waals surface area contributed by atoms with E-state index < -0.39 is 8.32 Å². The number of carbonyl (C=O) groups is 1. The number of rotatable bonds is 5. The van der Waals surface area contributed by atoms with Crippen molar-refractivity contribution in [2.75, 3.05) is 0 Å². The summed E-state index contributed by atoms with van der Waals surface area (Å²) in [5.74, 6) is 0. The molecule has 4 nitrogen and oxygen atoms in total. The van der Waals surface area contributed by atoms with E-state index in [4.69, 9.17) is 9.16 Å². The Kier molecular flexibility index (Phi) is 6.10. The van der Waals surface area contributed by atoms with Crippen molar-refractivity contribution in [3.63, 3.8) is 0 Å². The molecule has 2 rings (SSSR count). The van der Waals surface area contributed by atoms with Gasteiger partial charge in [-0.15, -0.1) is 0 Å². The van der Waals surface area contributed by atoms with E-state index >= 15 is 0 Å². The molecule has 1 fully saturated rings. The first kappa shape index (κ1) is 19.0. The number of alkyl carbamates (subject to hydrolysis) is 1. The molecule has 0 aliphatic heterocycles. The minimum Gasteiger partial charge on any atom is -0.445 e. The molecular formula is C19H31NO3Si. The topological polar surface area (TPSA) is 47.6 Å². The average molecular weight is 350 g/mol. The van der Waals surface area contributed by atoms with Gasteiger partial charge < -0.3 is 14.5 Å². The van der Waals surface area contributed by atoms with Gasteiger partial charge in [-0.2, -0.15) is 0 Å². The third-order valence-electron chi connectivity index (χ3n) is 5.19. The molecule has 0 heterocycles. The van der Waals surface area contributed by atoms with Gasteiger partial charge in [0, 0.05) is 12.1 Å². The maximum Gasteiger partial charge on any atom is 0.407 e. The fraction of sp³-hybridized carbons (Fsp3) is 0.632. The maximum atomic E-state index is 12.0. The summed E-state index contributed by atoms with van der Waals surface area (Å²) in [5, 5.41) is 3.19. The number of benzene rings is 1. The van der Waals surface area contributed by atoms with Crippen LogP contribution < -0.4 is 5.32 Å². The minimum atomic E-state index is -1.74. The third-order valence-corrected chi connectivity index (χ3v) is 9.72. The second-order valence-corrected chi connectivity index (χ2v) is 13.0.